The van der Waals surface area contributed by atoms with E-state index in [0.717, 1.165) is 6.42 Å². The fourth-order valence-corrected chi connectivity index (χ4v) is 3.23. The van der Waals surface area contributed by atoms with Crippen molar-refractivity contribution in [2.24, 2.45) is 0 Å². The van der Waals surface area contributed by atoms with Gasteiger partial charge in [-0.2, -0.15) is 0 Å². The molecule has 2 heterocycles. The predicted octanol–water partition coefficient (Wildman–Crippen LogP) is 0.658. The summed E-state index contributed by atoms with van der Waals surface area (Å²) in [5.41, 5.74) is 1.30. The molecule has 1 aliphatic carbocycles. The number of carbonyl (C=O) groups is 2. The van der Waals surface area contributed by atoms with Gasteiger partial charge in [0.2, 0.25) is 5.91 Å². The van der Waals surface area contributed by atoms with Crippen molar-refractivity contribution in [2.45, 2.75) is 36.9 Å². The maximum Gasteiger partial charge on any atom is 0.251 e. The van der Waals surface area contributed by atoms with Crippen LogP contribution < -0.4 is 5.32 Å². The number of rotatable bonds is 4. The van der Waals surface area contributed by atoms with Crippen LogP contribution in [0, 0.1) is 0 Å². The van der Waals surface area contributed by atoms with Crippen molar-refractivity contribution >= 4 is 11.8 Å². The van der Waals surface area contributed by atoms with Crippen molar-refractivity contribution in [3.05, 3.63) is 35.9 Å². The first-order valence-corrected chi connectivity index (χ1v) is 7.49. The van der Waals surface area contributed by atoms with Crippen LogP contribution in [0.25, 0.3) is 0 Å². The van der Waals surface area contributed by atoms with E-state index in [9.17, 15) is 9.59 Å². The zero-order valence-electron chi connectivity index (χ0n) is 11.7. The molecule has 2 aliphatic heterocycles. The molecule has 2 amide bonds. The summed E-state index contributed by atoms with van der Waals surface area (Å²) in [5, 5.41) is 2.91. The number of likely N-dealkylation sites (tertiary alicyclic amines) is 1. The van der Waals surface area contributed by atoms with Crippen molar-refractivity contribution in [2.75, 3.05) is 13.2 Å². The molecule has 21 heavy (non-hydrogen) atoms. The van der Waals surface area contributed by atoms with Gasteiger partial charge in [0.1, 0.15) is 0 Å². The third kappa shape index (κ3) is 2.53. The van der Waals surface area contributed by atoms with Crippen molar-refractivity contribution < 1.29 is 14.3 Å². The van der Waals surface area contributed by atoms with Gasteiger partial charge in [0, 0.05) is 24.9 Å². The molecule has 5 heteroatoms. The van der Waals surface area contributed by atoms with Gasteiger partial charge in [-0.25, -0.2) is 0 Å². The molecule has 0 radical (unpaired) electrons. The average Bonchev–Trinajstić information content (AvgIpc) is 3.38. The maximum atomic E-state index is 12.2. The summed E-state index contributed by atoms with van der Waals surface area (Å²) in [6, 6.07) is 10.6. The number of hydrogen-bond acceptors (Lipinski definition) is 3. The largest absolute Gasteiger partial charge is 0.363 e. The Labute approximate surface area is 123 Å². The first kappa shape index (κ1) is 12.8. The monoisotopic (exact) mass is 286 g/mol. The molecule has 1 aromatic carbocycles. The molecule has 5 nitrogen and oxygen atoms in total. The van der Waals surface area contributed by atoms with Crippen molar-refractivity contribution in [3.8, 4) is 0 Å². The normalized spacial score (nSPS) is 33.9. The molecule has 2 saturated heterocycles. The Kier molecular flexibility index (Phi) is 2.96. The second kappa shape index (κ2) is 4.84. The van der Waals surface area contributed by atoms with Crippen LogP contribution in [-0.2, 0) is 14.3 Å². The Hall–Kier alpha value is -1.88. The molecule has 1 saturated carbocycles. The van der Waals surface area contributed by atoms with Gasteiger partial charge < -0.3 is 15.0 Å². The van der Waals surface area contributed by atoms with Gasteiger partial charge >= 0.3 is 0 Å². The highest BCUT2D eigenvalue weighted by Gasteiger charge is 2.48. The van der Waals surface area contributed by atoms with E-state index in [1.807, 2.05) is 23.1 Å². The fourth-order valence-electron chi connectivity index (χ4n) is 3.23. The highest BCUT2D eigenvalue weighted by Crippen LogP contribution is 2.45. The lowest BCUT2D eigenvalue weighted by Gasteiger charge is -2.17. The molecular formula is C16H18N2O3. The van der Waals surface area contributed by atoms with Crippen LogP contribution in [0.5, 0.6) is 0 Å². The van der Waals surface area contributed by atoms with Gasteiger partial charge in [-0.1, -0.05) is 30.3 Å². The number of hydrogen-bond donors (Lipinski definition) is 1. The van der Waals surface area contributed by atoms with E-state index in [0.29, 0.717) is 31.5 Å². The van der Waals surface area contributed by atoms with Gasteiger partial charge in [-0.15, -0.1) is 0 Å². The van der Waals surface area contributed by atoms with Crippen molar-refractivity contribution in [1.29, 1.82) is 0 Å². The van der Waals surface area contributed by atoms with Crippen LogP contribution in [0.15, 0.2) is 30.3 Å². The molecule has 3 fully saturated rings. The van der Waals surface area contributed by atoms with Crippen LogP contribution in [0.4, 0.5) is 0 Å². The Morgan fingerprint density at radius 1 is 1.29 bits per heavy atom. The molecule has 1 aromatic rings. The number of amides is 2. The second-order valence-corrected chi connectivity index (χ2v) is 6.10. The van der Waals surface area contributed by atoms with Gasteiger partial charge in [-0.3, -0.25) is 9.59 Å². The number of ether oxygens (including phenoxy) is 1. The topological polar surface area (TPSA) is 61.9 Å². The lowest BCUT2D eigenvalue weighted by Crippen LogP contribution is -2.39. The van der Waals surface area contributed by atoms with Gasteiger partial charge in [0.25, 0.3) is 5.91 Å². The molecule has 110 valence electrons. The number of benzene rings is 1. The van der Waals surface area contributed by atoms with Crippen LogP contribution in [-0.4, -0.2) is 48.1 Å². The molecule has 4 unspecified atom stereocenters. The number of nitrogens with zero attached hydrogens (tertiary/aromatic N) is 1. The summed E-state index contributed by atoms with van der Waals surface area (Å²) in [7, 11) is 0. The average molecular weight is 286 g/mol. The molecule has 0 bridgehead atoms. The number of epoxide rings is 1. The molecule has 1 N–H and O–H groups in total. The molecule has 0 spiro atoms. The molecule has 4 rings (SSSR count). The van der Waals surface area contributed by atoms with Crippen LogP contribution in [0.2, 0.25) is 0 Å². The summed E-state index contributed by atoms with van der Waals surface area (Å²) in [4.78, 5) is 25.8. The standard InChI is InChI=1S/C16H18N2O3/c19-15-6-11(17-16(20)14-9-21-14)8-18(15)13-7-12(13)10-4-2-1-3-5-10/h1-5,11-14H,6-9H2,(H,17,20). The van der Waals surface area contributed by atoms with Crippen molar-refractivity contribution in [3.63, 3.8) is 0 Å². The van der Waals surface area contributed by atoms with Crippen LogP contribution in [0.3, 0.4) is 0 Å². The summed E-state index contributed by atoms with van der Waals surface area (Å²) < 4.78 is 4.96. The van der Waals surface area contributed by atoms with Gasteiger partial charge in [0.15, 0.2) is 6.10 Å². The minimum Gasteiger partial charge on any atom is -0.363 e. The Bertz CT molecular complexity index is 570. The number of carbonyl (C=O) groups excluding carboxylic acids is 2. The first-order valence-electron chi connectivity index (χ1n) is 7.49. The Morgan fingerprint density at radius 3 is 2.76 bits per heavy atom. The van der Waals surface area contributed by atoms with E-state index in [2.05, 4.69) is 17.4 Å². The highest BCUT2D eigenvalue weighted by molar-refractivity contribution is 5.85. The van der Waals surface area contributed by atoms with E-state index >= 15 is 0 Å². The third-order valence-corrected chi connectivity index (χ3v) is 4.52. The zero-order chi connectivity index (χ0) is 14.4. The van der Waals surface area contributed by atoms with Crippen molar-refractivity contribution in [1.82, 2.24) is 10.2 Å². The molecular weight excluding hydrogens is 268 g/mol. The van der Waals surface area contributed by atoms with E-state index in [4.69, 9.17) is 4.74 Å². The van der Waals surface area contributed by atoms with E-state index < -0.39 is 0 Å². The van der Waals surface area contributed by atoms with Crippen LogP contribution >= 0.6 is 0 Å². The molecule has 4 atom stereocenters. The fraction of sp³-hybridized carbons (Fsp3) is 0.500. The van der Waals surface area contributed by atoms with E-state index in [-0.39, 0.29) is 24.0 Å². The summed E-state index contributed by atoms with van der Waals surface area (Å²) in [5.74, 6) is 0.530. The quantitative estimate of drug-likeness (QED) is 0.827. The molecule has 3 aliphatic rings. The van der Waals surface area contributed by atoms with E-state index in [1.165, 1.54) is 5.56 Å². The smallest absolute Gasteiger partial charge is 0.251 e. The molecule has 0 aromatic heterocycles. The first-order chi connectivity index (χ1) is 10.2. The lowest BCUT2D eigenvalue weighted by molar-refractivity contribution is -0.128. The Morgan fingerprint density at radius 2 is 2.05 bits per heavy atom. The zero-order valence-corrected chi connectivity index (χ0v) is 11.7. The summed E-state index contributed by atoms with van der Waals surface area (Å²) in [6.45, 7) is 1.14. The van der Waals surface area contributed by atoms with E-state index in [1.54, 1.807) is 0 Å². The van der Waals surface area contributed by atoms with Gasteiger partial charge in [0.05, 0.1) is 12.6 Å². The highest BCUT2D eigenvalue weighted by atomic mass is 16.6. The minimum atomic E-state index is -0.285. The second-order valence-electron chi connectivity index (χ2n) is 6.10. The van der Waals surface area contributed by atoms with Crippen LogP contribution in [0.1, 0.15) is 24.3 Å². The SMILES string of the molecule is O=C(NC1CC(=O)N(C2CC2c2ccccc2)C1)C1CO1. The number of nitrogens with one attached hydrogen (secondary N) is 1. The summed E-state index contributed by atoms with van der Waals surface area (Å²) in [6.07, 6.45) is 1.16. The lowest BCUT2D eigenvalue weighted by atomic mass is 10.1. The third-order valence-electron chi connectivity index (χ3n) is 4.52. The van der Waals surface area contributed by atoms with Gasteiger partial charge in [-0.05, 0) is 12.0 Å². The Balaban J connectivity index is 1.36. The maximum absolute atomic E-state index is 12.2. The predicted molar refractivity (Wildman–Crippen MR) is 75.6 cm³/mol. The minimum absolute atomic E-state index is 0.0637. The summed E-state index contributed by atoms with van der Waals surface area (Å²) >= 11 is 0.